The maximum Gasteiger partial charge on any atom is 0.143 e. The molecule has 0 radical (unpaired) electrons. The van der Waals surface area contributed by atoms with Gasteiger partial charge in [0, 0.05) is 32.7 Å². The van der Waals surface area contributed by atoms with Crippen molar-refractivity contribution in [1.29, 1.82) is 0 Å². The summed E-state index contributed by atoms with van der Waals surface area (Å²) in [5.41, 5.74) is 11.2. The molecule has 0 saturated carbocycles. The highest BCUT2D eigenvalue weighted by Gasteiger charge is 2.25. The summed E-state index contributed by atoms with van der Waals surface area (Å²) in [7, 11) is 0. The van der Waals surface area contributed by atoms with E-state index in [1.807, 2.05) is 0 Å². The first-order valence-corrected chi connectivity index (χ1v) is 18.0. The van der Waals surface area contributed by atoms with E-state index in [-0.39, 0.29) is 0 Å². The lowest BCUT2D eigenvalue weighted by atomic mass is 9.97. The van der Waals surface area contributed by atoms with E-state index in [2.05, 4.69) is 193 Å². The van der Waals surface area contributed by atoms with Gasteiger partial charge in [-0.05, 0) is 81.9 Å². The maximum absolute atomic E-state index is 6.73. The molecule has 2 heterocycles. The summed E-state index contributed by atoms with van der Waals surface area (Å²) in [6.45, 7) is 0. The van der Waals surface area contributed by atoms with Crippen LogP contribution in [0.25, 0.3) is 87.7 Å². The van der Waals surface area contributed by atoms with Gasteiger partial charge in [0.25, 0.3) is 0 Å². The van der Waals surface area contributed by atoms with Gasteiger partial charge in [-0.2, -0.15) is 0 Å². The molecule has 0 aliphatic heterocycles. The van der Waals surface area contributed by atoms with E-state index < -0.39 is 0 Å². The van der Waals surface area contributed by atoms with Crippen LogP contribution in [0.1, 0.15) is 0 Å². The third kappa shape index (κ3) is 4.68. The van der Waals surface area contributed by atoms with Crippen molar-refractivity contribution in [2.75, 3.05) is 4.90 Å². The van der Waals surface area contributed by atoms with Crippen molar-refractivity contribution in [2.24, 2.45) is 0 Å². The van der Waals surface area contributed by atoms with Gasteiger partial charge >= 0.3 is 0 Å². The molecule has 0 amide bonds. The highest BCUT2D eigenvalue weighted by molar-refractivity contribution is 6.20. The summed E-state index contributed by atoms with van der Waals surface area (Å²) in [6.07, 6.45) is 0. The van der Waals surface area contributed by atoms with Crippen LogP contribution in [0, 0.1) is 0 Å². The van der Waals surface area contributed by atoms with E-state index in [0.29, 0.717) is 0 Å². The fourth-order valence-corrected chi connectivity index (χ4v) is 8.18. The quantitative estimate of drug-likeness (QED) is 0.182. The molecule has 0 aliphatic carbocycles. The third-order valence-corrected chi connectivity index (χ3v) is 10.6. The van der Waals surface area contributed by atoms with E-state index in [1.165, 1.54) is 10.8 Å². The van der Waals surface area contributed by atoms with Crippen LogP contribution < -0.4 is 4.90 Å². The normalized spacial score (nSPS) is 11.8. The number of benzene rings is 9. The van der Waals surface area contributed by atoms with Crippen LogP contribution in [0.3, 0.4) is 0 Å². The van der Waals surface area contributed by atoms with E-state index in [4.69, 9.17) is 8.83 Å². The van der Waals surface area contributed by atoms with Gasteiger partial charge in [-0.1, -0.05) is 133 Å². The third-order valence-electron chi connectivity index (χ3n) is 10.6. The van der Waals surface area contributed by atoms with Crippen molar-refractivity contribution in [3.63, 3.8) is 0 Å². The Labute approximate surface area is 305 Å². The van der Waals surface area contributed by atoms with Crippen molar-refractivity contribution >= 4 is 82.5 Å². The summed E-state index contributed by atoms with van der Waals surface area (Å²) in [5, 5.41) is 9.03. The molecular weight excluding hydrogens is 647 g/mol. The number of anilines is 3. The Morgan fingerprint density at radius 1 is 0.321 bits per heavy atom. The largest absolute Gasteiger partial charge is 0.456 e. The van der Waals surface area contributed by atoms with Crippen LogP contribution in [0.5, 0.6) is 0 Å². The Morgan fingerprint density at radius 3 is 1.77 bits per heavy atom. The minimum absolute atomic E-state index is 0.854. The van der Waals surface area contributed by atoms with E-state index in [1.54, 1.807) is 0 Å². The fraction of sp³-hybridized carbons (Fsp3) is 0. The van der Waals surface area contributed by atoms with Gasteiger partial charge in [0.15, 0.2) is 0 Å². The van der Waals surface area contributed by atoms with Gasteiger partial charge in [-0.15, -0.1) is 0 Å². The zero-order valence-corrected chi connectivity index (χ0v) is 28.7. The number of rotatable bonds is 5. The zero-order valence-electron chi connectivity index (χ0n) is 28.7. The lowest BCUT2D eigenvalue weighted by Gasteiger charge is -2.30. The lowest BCUT2D eigenvalue weighted by molar-refractivity contribution is 0.669. The van der Waals surface area contributed by atoms with Crippen molar-refractivity contribution in [3.8, 4) is 22.3 Å². The van der Waals surface area contributed by atoms with Gasteiger partial charge in [0.1, 0.15) is 22.3 Å². The first kappa shape index (κ1) is 29.6. The van der Waals surface area contributed by atoms with Crippen LogP contribution in [-0.2, 0) is 0 Å². The molecule has 0 spiro atoms. The topological polar surface area (TPSA) is 29.5 Å². The molecule has 0 atom stereocenters. The summed E-state index contributed by atoms with van der Waals surface area (Å²) in [5.74, 6) is 0. The molecule has 0 unspecified atom stereocenters. The summed E-state index contributed by atoms with van der Waals surface area (Å²) in [4.78, 5) is 2.43. The second kappa shape index (κ2) is 11.7. The second-order valence-electron chi connectivity index (χ2n) is 13.7. The van der Waals surface area contributed by atoms with Crippen molar-refractivity contribution in [2.45, 2.75) is 0 Å². The highest BCUT2D eigenvalue weighted by atomic mass is 16.3. The molecule has 0 fully saturated rings. The van der Waals surface area contributed by atoms with Crippen LogP contribution in [0.15, 0.2) is 197 Å². The minimum atomic E-state index is 0.854. The molecule has 0 aliphatic rings. The van der Waals surface area contributed by atoms with Crippen molar-refractivity contribution in [1.82, 2.24) is 0 Å². The molecule has 9 aromatic carbocycles. The highest BCUT2D eigenvalue weighted by Crippen LogP contribution is 2.49. The number of furan rings is 2. The molecule has 2 aromatic heterocycles. The van der Waals surface area contributed by atoms with E-state index in [0.717, 1.165) is 94.0 Å². The van der Waals surface area contributed by atoms with Crippen LogP contribution >= 0.6 is 0 Å². The smallest absolute Gasteiger partial charge is 0.143 e. The Kier molecular flexibility index (Phi) is 6.55. The van der Waals surface area contributed by atoms with Crippen molar-refractivity contribution < 1.29 is 8.83 Å². The number of hydrogen-bond donors (Lipinski definition) is 0. The van der Waals surface area contributed by atoms with Gasteiger partial charge in [0.2, 0.25) is 0 Å². The number of para-hydroxylation sites is 2. The molecule has 3 heteroatoms. The molecule has 53 heavy (non-hydrogen) atoms. The fourth-order valence-electron chi connectivity index (χ4n) is 8.18. The van der Waals surface area contributed by atoms with E-state index in [9.17, 15) is 0 Å². The van der Waals surface area contributed by atoms with Gasteiger partial charge in [0.05, 0.1) is 22.4 Å². The van der Waals surface area contributed by atoms with Crippen LogP contribution in [-0.4, -0.2) is 0 Å². The van der Waals surface area contributed by atoms with Crippen LogP contribution in [0.4, 0.5) is 17.1 Å². The van der Waals surface area contributed by atoms with Crippen molar-refractivity contribution in [3.05, 3.63) is 188 Å². The second-order valence-corrected chi connectivity index (χ2v) is 13.7. The Morgan fingerprint density at radius 2 is 0.962 bits per heavy atom. The zero-order chi connectivity index (χ0) is 34.9. The van der Waals surface area contributed by atoms with Gasteiger partial charge in [-0.25, -0.2) is 0 Å². The standard InChI is InChI=1S/C50H31NO2/c1-2-13-32(14-3-1)37-18-8-10-21-43(37)51(45-23-12-24-47-49(45)40-27-25-33-15-6-7-20-39(33)50(40)53-47)44-22-11-9-19-38(44)36-26-28-46-41(30-36)42-29-34-16-4-5-17-35(34)31-48(42)52-46/h1-31H. The predicted octanol–water partition coefficient (Wildman–Crippen LogP) is 14.6. The Balaban J connectivity index is 1.20. The number of nitrogens with zero attached hydrogens (tertiary/aromatic N) is 1. The first-order valence-electron chi connectivity index (χ1n) is 18.0. The molecule has 0 saturated heterocycles. The SMILES string of the molecule is c1ccc(-c2ccccc2N(c2ccccc2-c2ccc3oc4cc5ccccc5cc4c3c2)c2cccc3oc4c5ccccc5ccc4c23)cc1. The number of hydrogen-bond acceptors (Lipinski definition) is 3. The summed E-state index contributed by atoms with van der Waals surface area (Å²) >= 11 is 0. The number of fused-ring (bicyclic) bond motifs is 9. The summed E-state index contributed by atoms with van der Waals surface area (Å²) in [6, 6.07) is 66.8. The molecule has 0 N–H and O–H groups in total. The van der Waals surface area contributed by atoms with Gasteiger partial charge in [-0.3, -0.25) is 0 Å². The molecular formula is C50H31NO2. The monoisotopic (exact) mass is 677 g/mol. The average molecular weight is 678 g/mol. The lowest BCUT2D eigenvalue weighted by Crippen LogP contribution is -2.12. The Bertz CT molecular complexity index is 3190. The molecule has 0 bridgehead atoms. The maximum atomic E-state index is 6.73. The predicted molar refractivity (Wildman–Crippen MR) is 222 cm³/mol. The van der Waals surface area contributed by atoms with E-state index >= 15 is 0 Å². The average Bonchev–Trinajstić information content (AvgIpc) is 3.79. The summed E-state index contributed by atoms with van der Waals surface area (Å²) < 4.78 is 13.2. The minimum Gasteiger partial charge on any atom is -0.456 e. The first-order chi connectivity index (χ1) is 26.3. The van der Waals surface area contributed by atoms with Gasteiger partial charge < -0.3 is 13.7 Å². The molecule has 248 valence electrons. The van der Waals surface area contributed by atoms with Crippen LogP contribution in [0.2, 0.25) is 0 Å². The molecule has 11 aromatic rings. The molecule has 11 rings (SSSR count). The molecule has 3 nitrogen and oxygen atoms in total. The Hall–Kier alpha value is -7.10.